The molecule has 0 spiro atoms. The summed E-state index contributed by atoms with van der Waals surface area (Å²) in [5, 5.41) is 2.79. The Bertz CT molecular complexity index is 1020. The number of aromatic nitrogens is 1. The molecule has 8 heteroatoms. The molecule has 0 aliphatic carbocycles. The zero-order valence-corrected chi connectivity index (χ0v) is 18.0. The quantitative estimate of drug-likeness (QED) is 0.516. The molecule has 154 valence electrons. The van der Waals surface area contributed by atoms with E-state index in [0.717, 1.165) is 4.47 Å². The van der Waals surface area contributed by atoms with Crippen LogP contribution in [-0.4, -0.2) is 30.6 Å². The molecule has 1 N–H and O–H groups in total. The van der Waals surface area contributed by atoms with Crippen LogP contribution in [0, 0.1) is 0 Å². The van der Waals surface area contributed by atoms with Crippen molar-refractivity contribution in [2.45, 2.75) is 6.92 Å². The zero-order valence-electron chi connectivity index (χ0n) is 16.5. The Labute approximate surface area is 182 Å². The summed E-state index contributed by atoms with van der Waals surface area (Å²) < 4.78 is 11.5. The van der Waals surface area contributed by atoms with Crippen molar-refractivity contribution in [2.24, 2.45) is 0 Å². The molecule has 0 saturated carbocycles. The average molecular weight is 470 g/mol. The second-order valence-corrected chi connectivity index (χ2v) is 7.12. The lowest BCUT2D eigenvalue weighted by Gasteiger charge is -2.17. The number of benzene rings is 2. The van der Waals surface area contributed by atoms with Crippen molar-refractivity contribution < 1.29 is 19.1 Å². The van der Waals surface area contributed by atoms with Gasteiger partial charge in [-0.1, -0.05) is 22.0 Å². The van der Waals surface area contributed by atoms with Gasteiger partial charge in [0.05, 0.1) is 12.2 Å². The molecule has 2 amide bonds. The minimum absolute atomic E-state index is 0.303. The average Bonchev–Trinajstić information content (AvgIpc) is 2.74. The van der Waals surface area contributed by atoms with Crippen molar-refractivity contribution in [2.75, 3.05) is 23.9 Å². The Balaban J connectivity index is 1.61. The van der Waals surface area contributed by atoms with E-state index >= 15 is 0 Å². The van der Waals surface area contributed by atoms with E-state index in [9.17, 15) is 9.59 Å². The van der Waals surface area contributed by atoms with Crippen molar-refractivity contribution in [3.05, 3.63) is 76.9 Å². The molecular formula is C22H20BrN3O4. The minimum atomic E-state index is -0.439. The van der Waals surface area contributed by atoms with Gasteiger partial charge in [-0.2, -0.15) is 0 Å². The molecule has 0 radical (unpaired) electrons. The van der Waals surface area contributed by atoms with Gasteiger partial charge in [0, 0.05) is 35.2 Å². The highest BCUT2D eigenvalue weighted by Gasteiger charge is 2.12. The second-order valence-electron chi connectivity index (χ2n) is 6.20. The summed E-state index contributed by atoms with van der Waals surface area (Å²) in [4.78, 5) is 29.8. The molecule has 3 rings (SSSR count). The van der Waals surface area contributed by atoms with Crippen molar-refractivity contribution in [1.29, 1.82) is 0 Å². The number of nitrogens with zero attached hydrogens (tertiary/aromatic N) is 2. The van der Waals surface area contributed by atoms with Gasteiger partial charge in [-0.05, 0) is 55.5 Å². The third kappa shape index (κ3) is 5.57. The van der Waals surface area contributed by atoms with Crippen molar-refractivity contribution in [1.82, 2.24) is 4.98 Å². The Morgan fingerprint density at radius 2 is 1.87 bits per heavy atom. The lowest BCUT2D eigenvalue weighted by atomic mass is 10.2. The van der Waals surface area contributed by atoms with E-state index in [2.05, 4.69) is 26.2 Å². The van der Waals surface area contributed by atoms with Crippen LogP contribution in [0.15, 0.2) is 71.3 Å². The van der Waals surface area contributed by atoms with E-state index in [-0.39, 0.29) is 5.91 Å². The minimum Gasteiger partial charge on any atom is -0.449 e. The van der Waals surface area contributed by atoms with Crippen molar-refractivity contribution in [3.8, 4) is 11.6 Å². The van der Waals surface area contributed by atoms with Crippen LogP contribution < -0.4 is 15.0 Å². The molecule has 7 nitrogen and oxygen atoms in total. The van der Waals surface area contributed by atoms with Crippen molar-refractivity contribution in [3.63, 3.8) is 0 Å². The first kappa shape index (κ1) is 21.3. The van der Waals surface area contributed by atoms with Crippen LogP contribution in [0.5, 0.6) is 11.6 Å². The Morgan fingerprint density at radius 1 is 1.10 bits per heavy atom. The molecule has 0 atom stereocenters. The van der Waals surface area contributed by atoms with Gasteiger partial charge in [-0.3, -0.25) is 9.69 Å². The predicted octanol–water partition coefficient (Wildman–Crippen LogP) is 5.48. The molecule has 0 aliphatic rings. The lowest BCUT2D eigenvalue weighted by Crippen LogP contribution is -2.26. The largest absolute Gasteiger partial charge is 0.449 e. The van der Waals surface area contributed by atoms with Crippen molar-refractivity contribution >= 4 is 39.3 Å². The summed E-state index contributed by atoms with van der Waals surface area (Å²) in [6, 6.07) is 17.5. The first-order valence-corrected chi connectivity index (χ1v) is 9.97. The summed E-state index contributed by atoms with van der Waals surface area (Å²) in [5.74, 6) is 0.723. The Kier molecular flexibility index (Phi) is 7.03. The van der Waals surface area contributed by atoms with Gasteiger partial charge in [-0.15, -0.1) is 0 Å². The number of hydrogen-bond donors (Lipinski definition) is 1. The molecule has 0 aliphatic heterocycles. The number of amides is 2. The first-order chi connectivity index (χ1) is 14.5. The summed E-state index contributed by atoms with van der Waals surface area (Å²) in [5.41, 5.74) is 1.64. The van der Waals surface area contributed by atoms with Crippen LogP contribution in [0.25, 0.3) is 0 Å². The molecule has 1 heterocycles. The van der Waals surface area contributed by atoms with E-state index in [1.54, 1.807) is 50.4 Å². The van der Waals surface area contributed by atoms with Gasteiger partial charge < -0.3 is 14.8 Å². The lowest BCUT2D eigenvalue weighted by molar-refractivity contribution is 0.102. The number of halogens is 1. The fraction of sp³-hybridized carbons (Fsp3) is 0.136. The Hall–Kier alpha value is -3.39. The number of carbonyl (C=O) groups excluding carboxylic acids is 2. The zero-order chi connectivity index (χ0) is 21.5. The van der Waals surface area contributed by atoms with Crippen LogP contribution in [-0.2, 0) is 4.74 Å². The molecule has 1 aromatic heterocycles. The molecular weight excluding hydrogens is 450 g/mol. The van der Waals surface area contributed by atoms with Gasteiger partial charge in [0.2, 0.25) is 5.88 Å². The maximum Gasteiger partial charge on any atom is 0.413 e. The smallest absolute Gasteiger partial charge is 0.413 e. The molecule has 2 aromatic carbocycles. The standard InChI is InChI=1S/C22H20BrN3O4/c1-3-29-22(28)26(2)18-10-8-17(9-11-18)25-21(27)15-7-12-20(24-14-15)30-19-6-4-5-16(23)13-19/h4-14H,3H2,1-2H3,(H,25,27). The van der Waals surface area contributed by atoms with Crippen LogP contribution in [0.1, 0.15) is 17.3 Å². The number of ether oxygens (including phenoxy) is 2. The van der Waals surface area contributed by atoms with Crippen LogP contribution >= 0.6 is 15.9 Å². The normalized spacial score (nSPS) is 10.2. The molecule has 30 heavy (non-hydrogen) atoms. The second kappa shape index (κ2) is 9.89. The number of anilines is 2. The molecule has 0 bridgehead atoms. The maximum absolute atomic E-state index is 12.5. The molecule has 0 fully saturated rings. The number of hydrogen-bond acceptors (Lipinski definition) is 5. The van der Waals surface area contributed by atoms with Crippen LogP contribution in [0.3, 0.4) is 0 Å². The topological polar surface area (TPSA) is 80.8 Å². The predicted molar refractivity (Wildman–Crippen MR) is 118 cm³/mol. The molecule has 0 saturated heterocycles. The van der Waals surface area contributed by atoms with E-state index in [1.165, 1.54) is 11.1 Å². The number of rotatable bonds is 6. The SMILES string of the molecule is CCOC(=O)N(C)c1ccc(NC(=O)c2ccc(Oc3cccc(Br)c3)nc2)cc1. The van der Waals surface area contributed by atoms with Gasteiger partial charge in [0.25, 0.3) is 5.91 Å². The monoisotopic (exact) mass is 469 g/mol. The number of nitrogens with one attached hydrogen (secondary N) is 1. The highest BCUT2D eigenvalue weighted by molar-refractivity contribution is 9.10. The number of carbonyl (C=O) groups is 2. The first-order valence-electron chi connectivity index (χ1n) is 9.17. The maximum atomic E-state index is 12.5. The highest BCUT2D eigenvalue weighted by Crippen LogP contribution is 2.23. The van der Waals surface area contributed by atoms with E-state index in [0.29, 0.717) is 35.2 Å². The summed E-state index contributed by atoms with van der Waals surface area (Å²) in [7, 11) is 1.62. The fourth-order valence-corrected chi connectivity index (χ4v) is 2.90. The third-order valence-corrected chi connectivity index (χ3v) is 4.56. The Morgan fingerprint density at radius 3 is 2.50 bits per heavy atom. The number of pyridine rings is 1. The third-order valence-electron chi connectivity index (χ3n) is 4.07. The van der Waals surface area contributed by atoms with E-state index in [4.69, 9.17) is 9.47 Å². The van der Waals surface area contributed by atoms with Gasteiger partial charge in [0.1, 0.15) is 5.75 Å². The van der Waals surface area contributed by atoms with Crippen LogP contribution in [0.2, 0.25) is 0 Å². The highest BCUT2D eigenvalue weighted by atomic mass is 79.9. The molecule has 0 unspecified atom stereocenters. The van der Waals surface area contributed by atoms with E-state index < -0.39 is 6.09 Å². The van der Waals surface area contributed by atoms with Crippen LogP contribution in [0.4, 0.5) is 16.2 Å². The van der Waals surface area contributed by atoms with E-state index in [1.807, 2.05) is 24.3 Å². The van der Waals surface area contributed by atoms with Gasteiger partial charge in [0.15, 0.2) is 0 Å². The summed E-state index contributed by atoms with van der Waals surface area (Å²) >= 11 is 3.39. The molecule has 3 aromatic rings. The fourth-order valence-electron chi connectivity index (χ4n) is 2.52. The summed E-state index contributed by atoms with van der Waals surface area (Å²) in [6.07, 6.45) is 1.01. The summed E-state index contributed by atoms with van der Waals surface area (Å²) in [6.45, 7) is 2.05. The van der Waals surface area contributed by atoms with Gasteiger partial charge in [-0.25, -0.2) is 9.78 Å². The van der Waals surface area contributed by atoms with Gasteiger partial charge >= 0.3 is 6.09 Å².